The number of carbonyl (C=O) groups is 1. The van der Waals surface area contributed by atoms with Crippen molar-refractivity contribution >= 4 is 5.91 Å². The van der Waals surface area contributed by atoms with Crippen LogP contribution in [0.25, 0.3) is 0 Å². The highest BCUT2D eigenvalue weighted by Crippen LogP contribution is 2.11. The van der Waals surface area contributed by atoms with Crippen LogP contribution in [0.3, 0.4) is 0 Å². The smallest absolute Gasteiger partial charge is 0.254 e. The van der Waals surface area contributed by atoms with E-state index in [4.69, 9.17) is 0 Å². The Labute approximate surface area is 133 Å². The van der Waals surface area contributed by atoms with E-state index in [1.54, 1.807) is 17.1 Å². The van der Waals surface area contributed by atoms with Gasteiger partial charge < -0.3 is 10.2 Å². The normalized spacial score (nSPS) is 15.3. The van der Waals surface area contributed by atoms with E-state index in [9.17, 15) is 4.79 Å². The average molecular weight is 299 g/mol. The predicted molar refractivity (Wildman–Crippen MR) is 90.9 cm³/mol. The van der Waals surface area contributed by atoms with Gasteiger partial charge in [0.2, 0.25) is 0 Å². The molecule has 0 aliphatic carbocycles. The third-order valence-electron chi connectivity index (χ3n) is 3.78. The van der Waals surface area contributed by atoms with Crippen molar-refractivity contribution in [3.8, 4) is 0 Å². The molecule has 0 spiro atoms. The number of piperazine rings is 1. The van der Waals surface area contributed by atoms with Gasteiger partial charge >= 0.3 is 0 Å². The second-order valence-electron chi connectivity index (χ2n) is 5.51. The summed E-state index contributed by atoms with van der Waals surface area (Å²) in [6.07, 6.45) is 3.48. The molecule has 1 saturated heterocycles. The number of carbonyl (C=O) groups excluding carboxylic acids is 1. The highest BCUT2D eigenvalue weighted by molar-refractivity contribution is 5.94. The molecule has 4 heteroatoms. The van der Waals surface area contributed by atoms with E-state index in [-0.39, 0.29) is 5.91 Å². The molecule has 1 aliphatic rings. The highest BCUT2D eigenvalue weighted by Gasteiger charge is 2.15. The molecule has 0 aromatic heterocycles. The van der Waals surface area contributed by atoms with Crippen LogP contribution in [0.2, 0.25) is 0 Å². The molecule has 0 bridgehead atoms. The van der Waals surface area contributed by atoms with Crippen LogP contribution in [-0.4, -0.2) is 55.0 Å². The Morgan fingerprint density at radius 3 is 2.55 bits per heavy atom. The van der Waals surface area contributed by atoms with E-state index in [1.165, 1.54) is 5.56 Å². The maximum absolute atomic E-state index is 12.6. The Kier molecular flexibility index (Phi) is 6.37. The highest BCUT2D eigenvalue weighted by atomic mass is 16.2. The fraction of sp³-hybridized carbons (Fsp3) is 0.389. The van der Waals surface area contributed by atoms with Crippen molar-refractivity contribution in [3.05, 3.63) is 60.7 Å². The molecule has 0 saturated carbocycles. The maximum Gasteiger partial charge on any atom is 0.254 e. The zero-order valence-electron chi connectivity index (χ0n) is 13.1. The summed E-state index contributed by atoms with van der Waals surface area (Å²) < 4.78 is 0. The Bertz CT molecular complexity index is 511. The van der Waals surface area contributed by atoms with E-state index in [2.05, 4.69) is 29.4 Å². The van der Waals surface area contributed by atoms with Crippen LogP contribution in [0.1, 0.15) is 15.9 Å². The van der Waals surface area contributed by atoms with Gasteiger partial charge in [0.25, 0.3) is 5.91 Å². The summed E-state index contributed by atoms with van der Waals surface area (Å²) in [6.45, 7) is 13.6. The van der Waals surface area contributed by atoms with Gasteiger partial charge in [-0.2, -0.15) is 0 Å². The predicted octanol–water partition coefficient (Wildman–Crippen LogP) is 1.91. The molecule has 1 aliphatic heterocycles. The molecule has 1 amide bonds. The molecule has 22 heavy (non-hydrogen) atoms. The first kappa shape index (κ1) is 16.5. The van der Waals surface area contributed by atoms with Crippen LogP contribution in [0, 0.1) is 0 Å². The largest absolute Gasteiger partial charge is 0.331 e. The van der Waals surface area contributed by atoms with Crippen molar-refractivity contribution in [1.82, 2.24) is 15.1 Å². The summed E-state index contributed by atoms with van der Waals surface area (Å²) in [5, 5.41) is 3.35. The second-order valence-corrected chi connectivity index (χ2v) is 5.51. The lowest BCUT2D eigenvalue weighted by Gasteiger charge is -2.27. The van der Waals surface area contributed by atoms with Crippen molar-refractivity contribution in [2.45, 2.75) is 6.54 Å². The fourth-order valence-corrected chi connectivity index (χ4v) is 2.66. The zero-order valence-corrected chi connectivity index (χ0v) is 13.1. The topological polar surface area (TPSA) is 35.6 Å². The lowest BCUT2D eigenvalue weighted by molar-refractivity contribution is 0.0790. The minimum atomic E-state index is 0.0296. The van der Waals surface area contributed by atoms with Gasteiger partial charge in [-0.25, -0.2) is 0 Å². The van der Waals surface area contributed by atoms with Gasteiger partial charge in [0.05, 0.1) is 0 Å². The van der Waals surface area contributed by atoms with Crippen molar-refractivity contribution in [1.29, 1.82) is 0 Å². The van der Waals surface area contributed by atoms with Crippen molar-refractivity contribution in [2.75, 3.05) is 39.3 Å². The van der Waals surface area contributed by atoms with Crippen LogP contribution in [0.15, 0.2) is 49.6 Å². The first-order valence-corrected chi connectivity index (χ1v) is 7.77. The minimum Gasteiger partial charge on any atom is -0.331 e. The molecule has 1 aromatic rings. The molecule has 2 rings (SSSR count). The van der Waals surface area contributed by atoms with Gasteiger partial charge in [-0.15, -0.1) is 13.2 Å². The third kappa shape index (κ3) is 4.55. The standard InChI is InChI=1S/C18H25N3O/c1-3-10-21(11-4-2)18(22)17-7-5-6-16(14-17)15-20-12-8-19-9-13-20/h3-7,14,19H,1-2,8-13,15H2. The number of amides is 1. The molecule has 4 nitrogen and oxygen atoms in total. The Balaban J connectivity index is 2.07. The molecule has 0 radical (unpaired) electrons. The van der Waals surface area contributed by atoms with E-state index in [0.29, 0.717) is 13.1 Å². The molecule has 1 fully saturated rings. The van der Waals surface area contributed by atoms with Crippen LogP contribution in [-0.2, 0) is 6.54 Å². The number of benzene rings is 1. The molecule has 1 aromatic carbocycles. The Hall–Kier alpha value is -1.91. The van der Waals surface area contributed by atoms with Crippen LogP contribution in [0.4, 0.5) is 0 Å². The zero-order chi connectivity index (χ0) is 15.8. The first-order valence-electron chi connectivity index (χ1n) is 7.77. The average Bonchev–Trinajstić information content (AvgIpc) is 2.55. The summed E-state index contributed by atoms with van der Waals surface area (Å²) in [4.78, 5) is 16.7. The third-order valence-corrected chi connectivity index (χ3v) is 3.78. The monoisotopic (exact) mass is 299 g/mol. The van der Waals surface area contributed by atoms with Crippen molar-refractivity contribution in [2.24, 2.45) is 0 Å². The number of rotatable bonds is 7. The van der Waals surface area contributed by atoms with E-state index >= 15 is 0 Å². The summed E-state index contributed by atoms with van der Waals surface area (Å²) >= 11 is 0. The van der Waals surface area contributed by atoms with Gasteiger partial charge in [0.1, 0.15) is 0 Å². The van der Waals surface area contributed by atoms with Crippen molar-refractivity contribution < 1.29 is 4.79 Å². The van der Waals surface area contributed by atoms with Crippen LogP contribution < -0.4 is 5.32 Å². The molecule has 1 heterocycles. The van der Waals surface area contributed by atoms with Gasteiger partial charge in [-0.1, -0.05) is 24.3 Å². The molecule has 0 unspecified atom stereocenters. The molecular formula is C18H25N3O. The number of nitrogens with one attached hydrogen (secondary N) is 1. The number of nitrogens with zero attached hydrogens (tertiary/aromatic N) is 2. The lowest BCUT2D eigenvalue weighted by Crippen LogP contribution is -2.42. The maximum atomic E-state index is 12.6. The first-order chi connectivity index (χ1) is 10.7. The molecule has 0 atom stereocenters. The van der Waals surface area contributed by atoms with Crippen LogP contribution >= 0.6 is 0 Å². The quantitative estimate of drug-likeness (QED) is 0.781. The second kappa shape index (κ2) is 8.51. The molecule has 118 valence electrons. The van der Waals surface area contributed by atoms with E-state index in [0.717, 1.165) is 38.3 Å². The summed E-state index contributed by atoms with van der Waals surface area (Å²) in [7, 11) is 0. The summed E-state index contributed by atoms with van der Waals surface area (Å²) in [6, 6.07) is 7.93. The lowest BCUT2D eigenvalue weighted by atomic mass is 10.1. The number of hydrogen-bond acceptors (Lipinski definition) is 3. The summed E-state index contributed by atoms with van der Waals surface area (Å²) in [5.41, 5.74) is 1.92. The fourth-order valence-electron chi connectivity index (χ4n) is 2.66. The van der Waals surface area contributed by atoms with Gasteiger partial charge in [-0.05, 0) is 17.7 Å². The van der Waals surface area contributed by atoms with Gasteiger partial charge in [-0.3, -0.25) is 9.69 Å². The minimum absolute atomic E-state index is 0.0296. The Morgan fingerprint density at radius 1 is 1.23 bits per heavy atom. The van der Waals surface area contributed by atoms with Crippen molar-refractivity contribution in [3.63, 3.8) is 0 Å². The van der Waals surface area contributed by atoms with Gasteiger partial charge in [0, 0.05) is 51.4 Å². The molecular weight excluding hydrogens is 274 g/mol. The van der Waals surface area contributed by atoms with Gasteiger partial charge in [0.15, 0.2) is 0 Å². The number of hydrogen-bond donors (Lipinski definition) is 1. The van der Waals surface area contributed by atoms with E-state index in [1.807, 2.05) is 18.2 Å². The van der Waals surface area contributed by atoms with E-state index < -0.39 is 0 Å². The van der Waals surface area contributed by atoms with Crippen LogP contribution in [0.5, 0.6) is 0 Å². The summed E-state index contributed by atoms with van der Waals surface area (Å²) in [5.74, 6) is 0.0296. The molecule has 1 N–H and O–H groups in total. The Morgan fingerprint density at radius 2 is 1.91 bits per heavy atom. The SMILES string of the molecule is C=CCN(CC=C)C(=O)c1cccc(CN2CCNCC2)c1.